The second-order valence-corrected chi connectivity index (χ2v) is 1.37. The van der Waals surface area contributed by atoms with E-state index in [2.05, 4.69) is 5.11 Å². The summed E-state index contributed by atoms with van der Waals surface area (Å²) in [7, 11) is 0. The standard InChI is InChI=1S/C5H10O2/c6-4-2-1-3-5-7/h4,7H,1-3,5H2/i7D. The number of rotatable bonds is 5. The first kappa shape index (κ1) is 4.78. The molecule has 7 heavy (non-hydrogen) atoms. The first-order valence-electron chi connectivity index (χ1n) is 2.84. The third kappa shape index (κ3) is 5.63. The van der Waals surface area contributed by atoms with Gasteiger partial charge in [-0.15, -0.1) is 0 Å². The second kappa shape index (κ2) is 5.63. The molecule has 2 nitrogen and oxygen atoms in total. The van der Waals surface area contributed by atoms with Crippen LogP contribution in [-0.4, -0.2) is 19.4 Å². The summed E-state index contributed by atoms with van der Waals surface area (Å²) in [5.74, 6) is 0. The summed E-state index contributed by atoms with van der Waals surface area (Å²) in [4.78, 5) is 9.68. The van der Waals surface area contributed by atoms with Gasteiger partial charge in [0.05, 0.1) is 0 Å². The first-order chi connectivity index (χ1) is 3.91. The Labute approximate surface area is 44.6 Å². The second-order valence-electron chi connectivity index (χ2n) is 1.37. The molecule has 0 aliphatic heterocycles. The lowest BCUT2D eigenvalue weighted by atomic mass is 10.3. The highest BCUT2D eigenvalue weighted by Gasteiger charge is 1.80. The third-order valence-electron chi connectivity index (χ3n) is 0.716. The molecule has 0 bridgehead atoms. The molecule has 1 N–H and O–H groups in total. The predicted molar refractivity (Wildman–Crippen MR) is 27.0 cm³/mol. The Morgan fingerprint density at radius 3 is 3.14 bits per heavy atom. The van der Waals surface area contributed by atoms with Crippen LogP contribution in [0.5, 0.6) is 0 Å². The molecule has 0 aromatic heterocycles. The molecule has 0 fully saturated rings. The van der Waals surface area contributed by atoms with Gasteiger partial charge in [0.1, 0.15) is 6.29 Å². The molecule has 0 spiro atoms. The van der Waals surface area contributed by atoms with Gasteiger partial charge in [0.15, 0.2) is 0 Å². The van der Waals surface area contributed by atoms with Crippen LogP contribution in [0.2, 0.25) is 0 Å². The van der Waals surface area contributed by atoms with E-state index in [-0.39, 0.29) is 0 Å². The van der Waals surface area contributed by atoms with Crippen molar-refractivity contribution in [2.75, 3.05) is 6.61 Å². The summed E-state index contributed by atoms with van der Waals surface area (Å²) in [6, 6.07) is 0. The van der Waals surface area contributed by atoms with Gasteiger partial charge in [0.2, 0.25) is 1.43 Å². The highest BCUT2D eigenvalue weighted by Crippen LogP contribution is 1.88. The number of aldehydes is 1. The number of carbonyl (C=O) groups is 1. The Hall–Kier alpha value is -0.370. The number of unbranched alkanes of at least 4 members (excludes halogenated alkanes) is 2. The van der Waals surface area contributed by atoms with Crippen LogP contribution in [0.3, 0.4) is 0 Å². The van der Waals surface area contributed by atoms with Crippen molar-refractivity contribution in [2.45, 2.75) is 19.3 Å². The van der Waals surface area contributed by atoms with Gasteiger partial charge in [-0.1, -0.05) is 0 Å². The molecule has 2 heteroatoms. The van der Waals surface area contributed by atoms with E-state index in [1.54, 1.807) is 0 Å². The summed E-state index contributed by atoms with van der Waals surface area (Å²) in [5.41, 5.74) is 0. The molecule has 0 amide bonds. The maximum atomic E-state index is 9.68. The Kier molecular flexibility index (Phi) is 3.85. The van der Waals surface area contributed by atoms with Crippen molar-refractivity contribution in [3.63, 3.8) is 0 Å². The molecule has 0 unspecified atom stereocenters. The van der Waals surface area contributed by atoms with Gasteiger partial charge in [0.25, 0.3) is 0 Å². The predicted octanol–water partition coefficient (Wildman–Crippen LogP) is 0.348. The van der Waals surface area contributed by atoms with Crippen molar-refractivity contribution in [3.8, 4) is 0 Å². The molecular weight excluding hydrogens is 92.1 g/mol. The normalized spacial score (nSPS) is 10.6. The van der Waals surface area contributed by atoms with Gasteiger partial charge in [-0.3, -0.25) is 0 Å². The third-order valence-corrected chi connectivity index (χ3v) is 0.716. The topological polar surface area (TPSA) is 37.3 Å². The molecular formula is C5H10O2. The number of hydrogen-bond donors (Lipinski definition) is 1. The summed E-state index contributed by atoms with van der Waals surface area (Å²) >= 11 is 0. The highest BCUT2D eigenvalue weighted by molar-refractivity contribution is 5.48. The molecule has 42 valence electrons. The van der Waals surface area contributed by atoms with E-state index in [1.807, 2.05) is 0 Å². The zero-order valence-electron chi connectivity index (χ0n) is 5.22. The van der Waals surface area contributed by atoms with E-state index >= 15 is 0 Å². The lowest BCUT2D eigenvalue weighted by Crippen LogP contribution is -1.82. The van der Waals surface area contributed by atoms with Crippen molar-refractivity contribution >= 4 is 6.29 Å². The van der Waals surface area contributed by atoms with E-state index in [1.165, 1.54) is 0 Å². The molecule has 0 aliphatic rings. The van der Waals surface area contributed by atoms with Crippen LogP contribution < -0.4 is 0 Å². The monoisotopic (exact) mass is 103 g/mol. The van der Waals surface area contributed by atoms with Crippen molar-refractivity contribution in [1.29, 1.82) is 1.43 Å². The number of hydrogen-bond acceptors (Lipinski definition) is 2. The maximum Gasteiger partial charge on any atom is 0.210 e. The lowest BCUT2D eigenvalue weighted by molar-refractivity contribution is -0.107. The molecule has 0 aromatic carbocycles. The largest absolute Gasteiger partial charge is 0.396 e. The zero-order valence-corrected chi connectivity index (χ0v) is 4.22. The average molecular weight is 103 g/mol. The molecule has 0 heterocycles. The van der Waals surface area contributed by atoms with Crippen molar-refractivity contribution in [2.24, 2.45) is 0 Å². The molecule has 0 saturated carbocycles. The van der Waals surface area contributed by atoms with Crippen molar-refractivity contribution in [3.05, 3.63) is 0 Å². The van der Waals surface area contributed by atoms with Crippen LogP contribution in [-0.2, 0) is 4.79 Å². The van der Waals surface area contributed by atoms with Crippen LogP contribution in [0.4, 0.5) is 0 Å². The van der Waals surface area contributed by atoms with Gasteiger partial charge in [0, 0.05) is 13.0 Å². The van der Waals surface area contributed by atoms with Crippen LogP contribution in [0, 0.1) is 0 Å². The molecule has 0 aromatic rings. The van der Waals surface area contributed by atoms with Crippen LogP contribution >= 0.6 is 0 Å². The van der Waals surface area contributed by atoms with Gasteiger partial charge in [-0.25, -0.2) is 0 Å². The van der Waals surface area contributed by atoms with Crippen LogP contribution in [0.25, 0.3) is 0 Å². The minimum absolute atomic E-state index is 0.438. The van der Waals surface area contributed by atoms with Gasteiger partial charge >= 0.3 is 0 Å². The van der Waals surface area contributed by atoms with Crippen LogP contribution in [0.15, 0.2) is 0 Å². The summed E-state index contributed by atoms with van der Waals surface area (Å²) in [6.45, 7) is 0.438. The fraction of sp³-hybridized carbons (Fsp3) is 0.800. The molecule has 0 atom stereocenters. The smallest absolute Gasteiger partial charge is 0.210 e. The SMILES string of the molecule is [2H]OCCCCC=O. The van der Waals surface area contributed by atoms with Gasteiger partial charge in [-0.05, 0) is 12.8 Å². The number of aliphatic hydroxyl groups excluding tert-OH is 1. The van der Waals surface area contributed by atoms with E-state index in [4.69, 9.17) is 1.43 Å². The van der Waals surface area contributed by atoms with Crippen molar-refractivity contribution < 1.29 is 9.90 Å². The Bertz CT molecular complexity index is 56.4. The minimum atomic E-state index is 0.438. The summed E-state index contributed by atoms with van der Waals surface area (Å²) < 4.78 is 6.25. The maximum absolute atomic E-state index is 9.68. The fourth-order valence-electron chi connectivity index (χ4n) is 0.330. The number of carbonyl (C=O) groups excluding carboxylic acids is 1. The Balaban J connectivity index is 2.62. The van der Waals surface area contributed by atoms with E-state index < -0.39 is 0 Å². The summed E-state index contributed by atoms with van der Waals surface area (Å²) in [6.07, 6.45) is 3.11. The molecule has 0 saturated heterocycles. The lowest BCUT2D eigenvalue weighted by Gasteiger charge is -1.85. The quantitative estimate of drug-likeness (QED) is 0.402. The Morgan fingerprint density at radius 2 is 2.57 bits per heavy atom. The zero-order chi connectivity index (χ0) is 6.24. The molecule has 0 rings (SSSR count). The van der Waals surface area contributed by atoms with E-state index in [9.17, 15) is 4.79 Å². The summed E-state index contributed by atoms with van der Waals surface area (Å²) in [5, 5.41) is 4.02. The van der Waals surface area contributed by atoms with Gasteiger partial charge < -0.3 is 9.90 Å². The average Bonchev–Trinajstić information content (AvgIpc) is 1.81. The number of aliphatic hydroxyl groups is 1. The van der Waals surface area contributed by atoms with Gasteiger partial charge in [-0.2, -0.15) is 0 Å². The highest BCUT2D eigenvalue weighted by atomic mass is 16.2. The molecule has 0 aliphatic carbocycles. The van der Waals surface area contributed by atoms with Crippen LogP contribution in [0.1, 0.15) is 19.3 Å². The Morgan fingerprint density at radius 1 is 1.71 bits per heavy atom. The van der Waals surface area contributed by atoms with E-state index in [0.717, 1.165) is 19.1 Å². The molecule has 0 radical (unpaired) electrons. The van der Waals surface area contributed by atoms with Crippen molar-refractivity contribution in [1.82, 2.24) is 0 Å². The minimum Gasteiger partial charge on any atom is -0.396 e. The fourth-order valence-corrected chi connectivity index (χ4v) is 0.330. The first-order valence-corrected chi connectivity index (χ1v) is 2.43. The van der Waals surface area contributed by atoms with E-state index in [0.29, 0.717) is 13.0 Å².